The summed E-state index contributed by atoms with van der Waals surface area (Å²) in [6, 6.07) is 60.0. The highest BCUT2D eigenvalue weighted by atomic mass is 16.4. The number of hydrogen-bond acceptors (Lipinski definition) is 8. The third-order valence-electron chi connectivity index (χ3n) is 17.6. The predicted octanol–water partition coefficient (Wildman–Crippen LogP) is 18.0. The molecular weight excluding hydrogens is 1030 g/mol. The first-order valence-corrected chi connectivity index (χ1v) is 29.7. The van der Waals surface area contributed by atoms with E-state index in [1.165, 1.54) is 60.9 Å². The molecule has 8 nitrogen and oxygen atoms in total. The van der Waals surface area contributed by atoms with Crippen molar-refractivity contribution in [3.63, 3.8) is 0 Å². The zero-order valence-corrected chi connectivity index (χ0v) is 51.7. The fourth-order valence-electron chi connectivity index (χ4n) is 12.8. The van der Waals surface area contributed by atoms with Gasteiger partial charge in [-0.05, 0) is 167 Å². The quantitative estimate of drug-likeness (QED) is 0.0636. The lowest BCUT2D eigenvalue weighted by Gasteiger charge is -2.45. The summed E-state index contributed by atoms with van der Waals surface area (Å²) in [6.45, 7) is 35.8. The minimum atomic E-state index is -1.00. The van der Waals surface area contributed by atoms with Crippen molar-refractivity contribution in [2.24, 2.45) is 0 Å². The maximum Gasteiger partial charge on any atom is 0.252 e. The van der Waals surface area contributed by atoms with Gasteiger partial charge in [-0.25, -0.2) is 0 Å². The van der Waals surface area contributed by atoms with E-state index in [2.05, 4.69) is 251 Å². The topological polar surface area (TPSA) is 111 Å². The molecule has 2 heterocycles. The van der Waals surface area contributed by atoms with Crippen LogP contribution in [-0.4, -0.2) is 32.2 Å². The molecule has 84 heavy (non-hydrogen) atoms. The van der Waals surface area contributed by atoms with Crippen molar-refractivity contribution < 1.29 is 25.5 Å². The first kappa shape index (κ1) is 57.3. The van der Waals surface area contributed by atoms with E-state index < -0.39 is 28.7 Å². The molecule has 0 bridgehead atoms. The summed E-state index contributed by atoms with van der Waals surface area (Å²) in [5.41, 5.74) is 22.5. The Bertz CT molecular complexity index is 4030. The highest BCUT2D eigenvalue weighted by Crippen LogP contribution is 2.56. The molecule has 0 atom stereocenters. The van der Waals surface area contributed by atoms with E-state index in [4.69, 9.17) is 0 Å². The molecule has 0 unspecified atom stereocenters. The maximum atomic E-state index is 11.0. The summed E-state index contributed by atoms with van der Waals surface area (Å²) in [7, 11) is 0. The fourth-order valence-corrected chi connectivity index (χ4v) is 12.8. The number of nitrogens with zero attached hydrogens (tertiary/aromatic N) is 3. The number of phenolic OH excluding ortho intramolecular Hbond substituents is 5. The molecule has 1 aliphatic carbocycles. The standard InChI is InChI=1S/C73H74BN3O5.C2H6/c1-69(2,3)43-21-28-48(29-22-43)75(47-26-19-42(20-27-47)62-64(78)66(80)68(82)67(81)65(62)79)51-33-35-56-59(41-51)76(49-30-23-44(24-31-49)70(4,5)6)60-38-46(72(10,11)12)39-61-63(60)74(56)57-37-45(71(7,8)9)25-36-58(57)77(61)50-32-34-55-53(40-50)52-17-15-16-18-54(52)73(55,13)14;1-2/h15-41,78-82H,1-14H3;1-2H3. The van der Waals surface area contributed by atoms with Crippen molar-refractivity contribution in [2.45, 2.75) is 138 Å². The van der Waals surface area contributed by atoms with E-state index in [0.717, 1.165) is 51.2 Å². The van der Waals surface area contributed by atoms with Gasteiger partial charge >= 0.3 is 0 Å². The molecule has 5 N–H and O–H groups in total. The van der Waals surface area contributed by atoms with Gasteiger partial charge in [0.2, 0.25) is 17.2 Å². The van der Waals surface area contributed by atoms with Crippen LogP contribution in [0.15, 0.2) is 164 Å². The van der Waals surface area contributed by atoms with Crippen LogP contribution in [0.2, 0.25) is 0 Å². The van der Waals surface area contributed by atoms with Crippen LogP contribution in [0.25, 0.3) is 22.3 Å². The highest BCUT2D eigenvalue weighted by Gasteiger charge is 2.46. The summed E-state index contributed by atoms with van der Waals surface area (Å²) in [4.78, 5) is 7.26. The van der Waals surface area contributed by atoms with Gasteiger partial charge in [0.15, 0.2) is 11.5 Å². The van der Waals surface area contributed by atoms with Crippen LogP contribution in [0.4, 0.5) is 51.2 Å². The lowest BCUT2D eigenvalue weighted by Crippen LogP contribution is -2.61. The SMILES string of the molecule is CC.CC(C)(C)c1ccc(N(c2ccc(-c3c(O)c(O)c(O)c(O)c3O)cc2)c2ccc3c(c2)N(c2ccc(C(C)(C)C)cc2)c2cc(C(C)(C)C)cc4c2B3c2cc(C(C)(C)C)ccc2N4c2ccc3c(c2)-c2ccccc2C3(C)C)cc1. The molecule has 0 radical (unpaired) electrons. The fraction of sp³-hybridized carbons (Fsp3) is 0.280. The van der Waals surface area contributed by atoms with Gasteiger partial charge in [-0.15, -0.1) is 0 Å². The molecular formula is C75H80BN3O5. The van der Waals surface area contributed by atoms with Crippen molar-refractivity contribution >= 4 is 74.3 Å². The zero-order valence-electron chi connectivity index (χ0n) is 51.7. The summed E-state index contributed by atoms with van der Waals surface area (Å²) in [5.74, 6) is -4.35. The molecule has 0 saturated heterocycles. The van der Waals surface area contributed by atoms with E-state index in [9.17, 15) is 25.5 Å². The average molecular weight is 1110 g/mol. The number of fused-ring (bicyclic) bond motifs is 7. The smallest absolute Gasteiger partial charge is 0.252 e. The monoisotopic (exact) mass is 1110 g/mol. The second kappa shape index (κ2) is 20.1. The zero-order chi connectivity index (χ0) is 60.5. The number of hydrogen-bond donors (Lipinski definition) is 5. The Morgan fingerprint density at radius 2 is 0.845 bits per heavy atom. The second-order valence-electron chi connectivity index (χ2n) is 27.5. The van der Waals surface area contributed by atoms with Crippen molar-refractivity contribution in [1.82, 2.24) is 0 Å². The second-order valence-corrected chi connectivity index (χ2v) is 27.5. The highest BCUT2D eigenvalue weighted by molar-refractivity contribution is 7.00. The normalized spacial score (nSPS) is 14.0. The van der Waals surface area contributed by atoms with Gasteiger partial charge < -0.3 is 40.2 Å². The van der Waals surface area contributed by atoms with Gasteiger partial charge in [0, 0.05) is 56.6 Å². The molecule has 3 aliphatic rings. The van der Waals surface area contributed by atoms with Crippen LogP contribution in [-0.2, 0) is 27.1 Å². The van der Waals surface area contributed by atoms with Crippen molar-refractivity contribution in [3.05, 3.63) is 197 Å². The van der Waals surface area contributed by atoms with E-state index in [1.807, 2.05) is 26.0 Å². The summed E-state index contributed by atoms with van der Waals surface area (Å²) >= 11 is 0. The first-order valence-electron chi connectivity index (χ1n) is 29.7. The van der Waals surface area contributed by atoms with Crippen LogP contribution in [0.3, 0.4) is 0 Å². The summed E-state index contributed by atoms with van der Waals surface area (Å²) in [6.07, 6.45) is 0. The first-order chi connectivity index (χ1) is 39.5. The van der Waals surface area contributed by atoms with Crippen LogP contribution in [0, 0.1) is 0 Å². The lowest BCUT2D eigenvalue weighted by molar-refractivity contribution is 0.330. The van der Waals surface area contributed by atoms with Crippen LogP contribution < -0.4 is 31.1 Å². The summed E-state index contributed by atoms with van der Waals surface area (Å²) < 4.78 is 0. The van der Waals surface area contributed by atoms with E-state index in [0.29, 0.717) is 5.56 Å². The maximum absolute atomic E-state index is 11.0. The predicted molar refractivity (Wildman–Crippen MR) is 353 cm³/mol. The Kier molecular flexibility index (Phi) is 13.7. The molecule has 0 aromatic heterocycles. The minimum absolute atomic E-state index is 0.0678. The van der Waals surface area contributed by atoms with Gasteiger partial charge in [-0.2, -0.15) is 0 Å². The van der Waals surface area contributed by atoms with Crippen molar-refractivity contribution in [3.8, 4) is 51.0 Å². The Labute approximate surface area is 498 Å². The number of aromatic hydroxyl groups is 5. The van der Waals surface area contributed by atoms with Gasteiger partial charge in [-0.1, -0.05) is 196 Å². The number of phenols is 5. The van der Waals surface area contributed by atoms with E-state index in [-0.39, 0.29) is 39.4 Å². The molecule has 0 saturated carbocycles. The molecule has 9 heteroatoms. The molecule has 0 spiro atoms. The van der Waals surface area contributed by atoms with E-state index >= 15 is 0 Å². The molecule has 428 valence electrons. The average Bonchev–Trinajstić information content (AvgIpc) is 0.769. The Hall–Kier alpha value is -8.56. The van der Waals surface area contributed by atoms with Gasteiger partial charge in [-0.3, -0.25) is 0 Å². The molecule has 0 fully saturated rings. The van der Waals surface area contributed by atoms with Crippen molar-refractivity contribution in [1.29, 1.82) is 0 Å². The molecule has 0 amide bonds. The molecule has 9 aromatic carbocycles. The van der Waals surface area contributed by atoms with Crippen LogP contribution >= 0.6 is 0 Å². The van der Waals surface area contributed by atoms with Crippen LogP contribution in [0.5, 0.6) is 28.7 Å². The Morgan fingerprint density at radius 1 is 0.381 bits per heavy atom. The Balaban J connectivity index is 0.00000364. The number of anilines is 9. The Morgan fingerprint density at radius 3 is 1.40 bits per heavy atom. The van der Waals surface area contributed by atoms with Crippen LogP contribution in [0.1, 0.15) is 144 Å². The third-order valence-corrected chi connectivity index (χ3v) is 17.6. The number of rotatable bonds is 6. The minimum Gasteiger partial charge on any atom is -0.504 e. The molecule has 2 aliphatic heterocycles. The third kappa shape index (κ3) is 9.31. The molecule has 9 aromatic rings. The summed E-state index contributed by atoms with van der Waals surface area (Å²) in [5, 5.41) is 53.4. The lowest BCUT2D eigenvalue weighted by atomic mass is 9.33. The van der Waals surface area contributed by atoms with Crippen molar-refractivity contribution in [2.75, 3.05) is 14.7 Å². The van der Waals surface area contributed by atoms with Gasteiger partial charge in [0.1, 0.15) is 0 Å². The number of benzene rings is 9. The largest absolute Gasteiger partial charge is 0.504 e. The van der Waals surface area contributed by atoms with Gasteiger partial charge in [0.25, 0.3) is 6.71 Å². The van der Waals surface area contributed by atoms with Gasteiger partial charge in [0.05, 0.1) is 5.56 Å². The van der Waals surface area contributed by atoms with E-state index in [1.54, 1.807) is 12.1 Å². The molecule has 12 rings (SSSR count).